The number of carbonyl (C=O) groups is 1. The van der Waals surface area contributed by atoms with E-state index in [1.165, 1.54) is 0 Å². The van der Waals surface area contributed by atoms with Crippen LogP contribution in [0.15, 0.2) is 28.7 Å². The van der Waals surface area contributed by atoms with E-state index < -0.39 is 0 Å². The number of ether oxygens (including phenoxy) is 2. The Morgan fingerprint density at radius 3 is 2.87 bits per heavy atom. The van der Waals surface area contributed by atoms with Crippen LogP contribution in [0, 0.1) is 5.41 Å². The number of benzene rings is 1. The van der Waals surface area contributed by atoms with Crippen molar-refractivity contribution in [3.63, 3.8) is 0 Å². The minimum absolute atomic E-state index is 0.0222. The summed E-state index contributed by atoms with van der Waals surface area (Å²) in [6.07, 6.45) is 2.40. The Kier molecular flexibility index (Phi) is 7.33. The highest BCUT2D eigenvalue weighted by molar-refractivity contribution is 9.10. The summed E-state index contributed by atoms with van der Waals surface area (Å²) in [6.45, 7) is 3.68. The van der Waals surface area contributed by atoms with Crippen molar-refractivity contribution < 1.29 is 14.3 Å². The number of halogens is 1. The fourth-order valence-electron chi connectivity index (χ4n) is 2.83. The van der Waals surface area contributed by atoms with Crippen molar-refractivity contribution in [1.82, 2.24) is 10.6 Å². The highest BCUT2D eigenvalue weighted by Crippen LogP contribution is 2.28. The van der Waals surface area contributed by atoms with Gasteiger partial charge in [-0.05, 0) is 44.1 Å². The molecule has 6 heteroatoms. The summed E-state index contributed by atoms with van der Waals surface area (Å²) in [6, 6.07) is 7.62. The van der Waals surface area contributed by atoms with Crippen LogP contribution in [-0.2, 0) is 9.53 Å². The van der Waals surface area contributed by atoms with Gasteiger partial charge in [-0.2, -0.15) is 0 Å². The summed E-state index contributed by atoms with van der Waals surface area (Å²) in [4.78, 5) is 12.0. The molecule has 0 radical (unpaired) electrons. The third-order valence-corrected chi connectivity index (χ3v) is 4.66. The number of methoxy groups -OCH3 is 1. The van der Waals surface area contributed by atoms with Gasteiger partial charge in [-0.15, -0.1) is 0 Å². The molecule has 1 aliphatic heterocycles. The second-order valence-electron chi connectivity index (χ2n) is 6.02. The molecule has 0 atom stereocenters. The highest BCUT2D eigenvalue weighted by Gasteiger charge is 2.32. The maximum Gasteiger partial charge on any atom is 0.223 e. The summed E-state index contributed by atoms with van der Waals surface area (Å²) in [7, 11) is 1.72. The molecule has 1 aliphatic rings. The molecule has 2 N–H and O–H groups in total. The molecule has 0 bridgehead atoms. The molecule has 1 amide bonds. The molecule has 1 fully saturated rings. The van der Waals surface area contributed by atoms with E-state index >= 15 is 0 Å². The molecule has 1 saturated heterocycles. The Morgan fingerprint density at radius 1 is 1.39 bits per heavy atom. The molecule has 0 aliphatic carbocycles. The molecule has 1 aromatic rings. The fourth-order valence-corrected chi connectivity index (χ4v) is 3.21. The first-order valence-electron chi connectivity index (χ1n) is 7.98. The van der Waals surface area contributed by atoms with Crippen LogP contribution in [0.5, 0.6) is 5.75 Å². The topological polar surface area (TPSA) is 59.6 Å². The lowest BCUT2D eigenvalue weighted by molar-refractivity contribution is -0.122. The third kappa shape index (κ3) is 6.12. The van der Waals surface area contributed by atoms with Gasteiger partial charge in [-0.1, -0.05) is 22.0 Å². The van der Waals surface area contributed by atoms with Crippen LogP contribution in [0.2, 0.25) is 0 Å². The van der Waals surface area contributed by atoms with Gasteiger partial charge in [0.2, 0.25) is 5.91 Å². The van der Waals surface area contributed by atoms with Gasteiger partial charge in [0.1, 0.15) is 5.75 Å². The number of hydrogen-bond acceptors (Lipinski definition) is 4. The molecule has 0 spiro atoms. The molecule has 0 unspecified atom stereocenters. The van der Waals surface area contributed by atoms with E-state index in [2.05, 4.69) is 26.6 Å². The van der Waals surface area contributed by atoms with Gasteiger partial charge >= 0.3 is 0 Å². The largest absolute Gasteiger partial charge is 0.493 e. The van der Waals surface area contributed by atoms with Gasteiger partial charge in [-0.25, -0.2) is 0 Å². The van der Waals surface area contributed by atoms with Gasteiger partial charge in [0.15, 0.2) is 0 Å². The smallest absolute Gasteiger partial charge is 0.223 e. The maximum absolute atomic E-state index is 12.0. The van der Waals surface area contributed by atoms with E-state index in [1.807, 2.05) is 24.3 Å². The van der Waals surface area contributed by atoms with E-state index in [1.54, 1.807) is 7.11 Å². The number of amides is 1. The van der Waals surface area contributed by atoms with Crippen molar-refractivity contribution in [3.05, 3.63) is 28.7 Å². The lowest BCUT2D eigenvalue weighted by atomic mass is 9.79. The SMILES string of the molecule is COCC1(CNC(=O)CCOc2cccc(Br)c2)CCNCC1. The van der Waals surface area contributed by atoms with E-state index in [-0.39, 0.29) is 11.3 Å². The second-order valence-corrected chi connectivity index (χ2v) is 6.93. The molecular formula is C17H25BrN2O3. The van der Waals surface area contributed by atoms with Gasteiger partial charge < -0.3 is 20.1 Å². The van der Waals surface area contributed by atoms with Crippen molar-refractivity contribution >= 4 is 21.8 Å². The van der Waals surface area contributed by atoms with Crippen LogP contribution < -0.4 is 15.4 Å². The number of carbonyl (C=O) groups excluding carboxylic acids is 1. The number of hydrogen-bond donors (Lipinski definition) is 2. The molecule has 128 valence electrons. The first kappa shape index (κ1) is 18.2. The van der Waals surface area contributed by atoms with Crippen LogP contribution in [0.1, 0.15) is 19.3 Å². The Morgan fingerprint density at radius 2 is 2.17 bits per heavy atom. The molecular weight excluding hydrogens is 360 g/mol. The molecule has 1 heterocycles. The molecule has 1 aromatic carbocycles. The van der Waals surface area contributed by atoms with Crippen molar-refractivity contribution in [1.29, 1.82) is 0 Å². The van der Waals surface area contributed by atoms with E-state index in [0.717, 1.165) is 36.2 Å². The van der Waals surface area contributed by atoms with Crippen LogP contribution in [-0.4, -0.2) is 45.9 Å². The summed E-state index contributed by atoms with van der Waals surface area (Å²) in [5.74, 6) is 0.787. The molecule has 5 nitrogen and oxygen atoms in total. The Hall–Kier alpha value is -1.11. The molecule has 0 aromatic heterocycles. The van der Waals surface area contributed by atoms with Crippen molar-refractivity contribution in [2.24, 2.45) is 5.41 Å². The molecule has 2 rings (SSSR count). The molecule has 23 heavy (non-hydrogen) atoms. The molecule has 0 saturated carbocycles. The van der Waals surface area contributed by atoms with Gasteiger partial charge in [0.05, 0.1) is 19.6 Å². The quantitative estimate of drug-likeness (QED) is 0.721. The maximum atomic E-state index is 12.0. The monoisotopic (exact) mass is 384 g/mol. The van der Waals surface area contributed by atoms with E-state index in [0.29, 0.717) is 26.2 Å². The van der Waals surface area contributed by atoms with Crippen LogP contribution in [0.3, 0.4) is 0 Å². The normalized spacial score (nSPS) is 16.8. The Balaban J connectivity index is 1.71. The van der Waals surface area contributed by atoms with Gasteiger partial charge in [0.25, 0.3) is 0 Å². The summed E-state index contributed by atoms with van der Waals surface area (Å²) in [5.41, 5.74) is 0.0564. The highest BCUT2D eigenvalue weighted by atomic mass is 79.9. The summed E-state index contributed by atoms with van der Waals surface area (Å²) < 4.78 is 11.9. The lowest BCUT2D eigenvalue weighted by Crippen LogP contribution is -2.47. The minimum Gasteiger partial charge on any atom is -0.493 e. The zero-order chi connectivity index (χ0) is 16.5. The van der Waals surface area contributed by atoms with Crippen molar-refractivity contribution in [2.75, 3.05) is 40.0 Å². The summed E-state index contributed by atoms with van der Waals surface area (Å²) in [5, 5.41) is 6.39. The predicted octanol–water partition coefficient (Wildman–Crippen LogP) is 2.35. The zero-order valence-corrected chi connectivity index (χ0v) is 15.2. The van der Waals surface area contributed by atoms with Crippen LogP contribution >= 0.6 is 15.9 Å². The summed E-state index contributed by atoms with van der Waals surface area (Å²) >= 11 is 3.40. The first-order chi connectivity index (χ1) is 11.1. The van der Waals surface area contributed by atoms with Crippen LogP contribution in [0.25, 0.3) is 0 Å². The van der Waals surface area contributed by atoms with Crippen molar-refractivity contribution in [3.8, 4) is 5.75 Å². The minimum atomic E-state index is 0.0222. The average molecular weight is 385 g/mol. The second kappa shape index (κ2) is 9.25. The van der Waals surface area contributed by atoms with Gasteiger partial charge in [-0.3, -0.25) is 4.79 Å². The van der Waals surface area contributed by atoms with Gasteiger partial charge in [0, 0.05) is 23.5 Å². The first-order valence-corrected chi connectivity index (χ1v) is 8.78. The average Bonchev–Trinajstić information content (AvgIpc) is 2.54. The third-order valence-electron chi connectivity index (χ3n) is 4.17. The van der Waals surface area contributed by atoms with Crippen molar-refractivity contribution in [2.45, 2.75) is 19.3 Å². The zero-order valence-electron chi connectivity index (χ0n) is 13.6. The number of rotatable bonds is 8. The fraction of sp³-hybridized carbons (Fsp3) is 0.588. The van der Waals surface area contributed by atoms with E-state index in [4.69, 9.17) is 9.47 Å². The Bertz CT molecular complexity index is 499. The predicted molar refractivity (Wildman–Crippen MR) is 93.7 cm³/mol. The lowest BCUT2D eigenvalue weighted by Gasteiger charge is -2.37. The Labute approximate surface area is 146 Å². The van der Waals surface area contributed by atoms with Crippen LogP contribution in [0.4, 0.5) is 0 Å². The van der Waals surface area contributed by atoms with E-state index in [9.17, 15) is 4.79 Å². The number of piperidine rings is 1. The number of nitrogens with one attached hydrogen (secondary N) is 2. The standard InChI is InChI=1S/C17H25BrN2O3/c1-22-13-17(6-8-19-9-7-17)12-20-16(21)5-10-23-15-4-2-3-14(18)11-15/h2-4,11,19H,5-10,12-13H2,1H3,(H,20,21).